The van der Waals surface area contributed by atoms with Gasteiger partial charge in [0.25, 0.3) is 5.91 Å². The van der Waals surface area contributed by atoms with E-state index in [0.717, 1.165) is 22.0 Å². The molecule has 33 heavy (non-hydrogen) atoms. The van der Waals surface area contributed by atoms with Crippen molar-refractivity contribution in [1.82, 2.24) is 30.3 Å². The first-order valence-electron chi connectivity index (χ1n) is 10.3. The van der Waals surface area contributed by atoms with E-state index in [0.29, 0.717) is 16.9 Å². The topological polar surface area (TPSA) is 115 Å². The van der Waals surface area contributed by atoms with Crippen LogP contribution in [-0.4, -0.2) is 43.3 Å². The van der Waals surface area contributed by atoms with Crippen molar-refractivity contribution in [2.75, 3.05) is 11.9 Å². The van der Waals surface area contributed by atoms with E-state index in [-0.39, 0.29) is 18.1 Å². The number of nitrogens with zero attached hydrogens (tertiary/aromatic N) is 5. The Morgan fingerprint density at radius 1 is 0.879 bits per heavy atom. The number of anilines is 1. The van der Waals surface area contributed by atoms with Gasteiger partial charge in [-0.2, -0.15) is 0 Å². The van der Waals surface area contributed by atoms with Crippen LogP contribution in [0.2, 0.25) is 0 Å². The molecular formula is C24H19N7O2. The molecule has 3 heterocycles. The Morgan fingerprint density at radius 2 is 1.55 bits per heavy atom. The lowest BCUT2D eigenvalue weighted by molar-refractivity contribution is -0.115. The van der Waals surface area contributed by atoms with Gasteiger partial charge in [-0.25, -0.2) is 4.68 Å². The van der Waals surface area contributed by atoms with Crippen molar-refractivity contribution >= 4 is 39.3 Å². The monoisotopic (exact) mass is 437 g/mol. The number of rotatable bonds is 5. The molecule has 0 atom stereocenters. The Labute approximate surface area is 188 Å². The second-order valence-corrected chi connectivity index (χ2v) is 7.40. The van der Waals surface area contributed by atoms with Crippen LogP contribution in [0.4, 0.5) is 5.69 Å². The number of pyridine rings is 2. The average molecular weight is 437 g/mol. The Morgan fingerprint density at radius 3 is 2.33 bits per heavy atom. The summed E-state index contributed by atoms with van der Waals surface area (Å²) < 4.78 is 1.58. The molecule has 0 aliphatic carbocycles. The summed E-state index contributed by atoms with van der Waals surface area (Å²) in [6, 6.07) is 18.8. The highest BCUT2D eigenvalue weighted by molar-refractivity contribution is 6.03. The van der Waals surface area contributed by atoms with E-state index in [9.17, 15) is 9.59 Å². The first kappa shape index (κ1) is 20.3. The fraction of sp³-hybridized carbons (Fsp3) is 0.0833. The van der Waals surface area contributed by atoms with Gasteiger partial charge in [0.2, 0.25) is 5.91 Å². The predicted octanol–water partition coefficient (Wildman–Crippen LogP) is 3.04. The summed E-state index contributed by atoms with van der Waals surface area (Å²) in [6.45, 7) is 1.53. The summed E-state index contributed by atoms with van der Waals surface area (Å²) >= 11 is 0. The van der Waals surface area contributed by atoms with Gasteiger partial charge in [-0.15, -0.1) is 5.10 Å². The molecule has 0 aliphatic rings. The Balaban J connectivity index is 1.31. The number of hydrogen-bond acceptors (Lipinski definition) is 6. The average Bonchev–Trinajstić information content (AvgIpc) is 3.23. The zero-order valence-corrected chi connectivity index (χ0v) is 17.7. The Bertz CT molecular complexity index is 1500. The maximum atomic E-state index is 12.7. The number of fused-ring (bicyclic) bond motifs is 2. The summed E-state index contributed by atoms with van der Waals surface area (Å²) in [7, 11) is 0. The van der Waals surface area contributed by atoms with E-state index >= 15 is 0 Å². The van der Waals surface area contributed by atoms with Gasteiger partial charge in [-0.05, 0) is 31.2 Å². The molecular weight excluding hydrogens is 418 g/mol. The van der Waals surface area contributed by atoms with E-state index in [1.54, 1.807) is 30.1 Å². The van der Waals surface area contributed by atoms with Gasteiger partial charge in [0.15, 0.2) is 5.69 Å². The van der Waals surface area contributed by atoms with Crippen molar-refractivity contribution < 1.29 is 9.59 Å². The molecule has 2 N–H and O–H groups in total. The van der Waals surface area contributed by atoms with E-state index in [1.165, 1.54) is 0 Å². The quantitative estimate of drug-likeness (QED) is 0.437. The number of para-hydroxylation sites is 2. The van der Waals surface area contributed by atoms with Crippen LogP contribution < -0.4 is 10.6 Å². The van der Waals surface area contributed by atoms with E-state index in [1.807, 2.05) is 54.6 Å². The number of carbonyl (C=O) groups excluding carboxylic acids is 2. The van der Waals surface area contributed by atoms with Crippen molar-refractivity contribution in [1.29, 1.82) is 0 Å². The fourth-order valence-corrected chi connectivity index (χ4v) is 3.67. The number of hydrogen-bond donors (Lipinski definition) is 2. The molecule has 5 aromatic rings. The maximum Gasteiger partial charge on any atom is 0.274 e. The second kappa shape index (κ2) is 8.46. The lowest BCUT2D eigenvalue weighted by Crippen LogP contribution is -2.33. The number of aromatic nitrogens is 5. The molecule has 5 rings (SSSR count). The van der Waals surface area contributed by atoms with Gasteiger partial charge in [0.1, 0.15) is 0 Å². The molecule has 0 spiro atoms. The van der Waals surface area contributed by atoms with Crippen LogP contribution in [0, 0.1) is 6.92 Å². The molecule has 0 saturated carbocycles. The van der Waals surface area contributed by atoms with Crippen LogP contribution in [0.15, 0.2) is 73.1 Å². The highest BCUT2D eigenvalue weighted by Gasteiger charge is 2.19. The maximum absolute atomic E-state index is 12.7. The third kappa shape index (κ3) is 3.87. The van der Waals surface area contributed by atoms with Gasteiger partial charge in [0.05, 0.1) is 34.6 Å². The van der Waals surface area contributed by atoms with E-state index < -0.39 is 5.91 Å². The summed E-state index contributed by atoms with van der Waals surface area (Å²) in [5.41, 5.74) is 3.42. The lowest BCUT2D eigenvalue weighted by atomic mass is 10.2. The van der Waals surface area contributed by atoms with Crippen molar-refractivity contribution in [3.05, 3.63) is 84.4 Å². The number of benzene rings is 2. The highest BCUT2D eigenvalue weighted by Crippen LogP contribution is 2.22. The van der Waals surface area contributed by atoms with Gasteiger partial charge in [-0.1, -0.05) is 41.6 Å². The standard InChI is InChI=1S/C24H19N7O2/c1-15-21(29-30-31(15)19-11-3-7-17-9-5-13-26-23(17)19)24(33)27-14-20(32)28-18-10-2-6-16-8-4-12-25-22(16)18/h2-13H,14H2,1H3,(H,27,33)(H,28,32). The minimum atomic E-state index is -0.488. The molecule has 2 aromatic carbocycles. The number of nitrogens with one attached hydrogen (secondary N) is 2. The molecule has 0 aliphatic heterocycles. The third-order valence-electron chi connectivity index (χ3n) is 5.27. The fourth-order valence-electron chi connectivity index (χ4n) is 3.67. The van der Waals surface area contributed by atoms with Crippen LogP contribution in [0.1, 0.15) is 16.2 Å². The summed E-state index contributed by atoms with van der Waals surface area (Å²) in [5, 5.41) is 15.4. The molecule has 9 heteroatoms. The van der Waals surface area contributed by atoms with E-state index in [4.69, 9.17) is 0 Å². The van der Waals surface area contributed by atoms with Crippen molar-refractivity contribution in [2.45, 2.75) is 6.92 Å². The predicted molar refractivity (Wildman–Crippen MR) is 124 cm³/mol. The molecule has 0 unspecified atom stereocenters. The summed E-state index contributed by atoms with van der Waals surface area (Å²) in [4.78, 5) is 33.9. The second-order valence-electron chi connectivity index (χ2n) is 7.40. The molecule has 162 valence electrons. The summed E-state index contributed by atoms with van der Waals surface area (Å²) in [5.74, 6) is -0.858. The molecule has 9 nitrogen and oxygen atoms in total. The highest BCUT2D eigenvalue weighted by atomic mass is 16.2. The minimum absolute atomic E-state index is 0.141. The van der Waals surface area contributed by atoms with Crippen molar-refractivity contribution in [3.63, 3.8) is 0 Å². The minimum Gasteiger partial charge on any atom is -0.342 e. The molecule has 0 bridgehead atoms. The first-order chi connectivity index (χ1) is 16.1. The molecule has 3 aromatic heterocycles. The molecule has 2 amide bonds. The SMILES string of the molecule is Cc1c(C(=O)NCC(=O)Nc2cccc3cccnc23)nnn1-c1cccc2cccnc12. The smallest absolute Gasteiger partial charge is 0.274 e. The number of carbonyl (C=O) groups is 2. The molecule has 0 saturated heterocycles. The van der Waals surface area contributed by atoms with Crippen LogP contribution in [0.25, 0.3) is 27.5 Å². The van der Waals surface area contributed by atoms with E-state index in [2.05, 4.69) is 30.9 Å². The normalized spacial score (nSPS) is 10.9. The van der Waals surface area contributed by atoms with Crippen molar-refractivity contribution in [2.24, 2.45) is 0 Å². The van der Waals surface area contributed by atoms with Gasteiger partial charge in [0, 0.05) is 23.2 Å². The largest absolute Gasteiger partial charge is 0.342 e. The zero-order valence-electron chi connectivity index (χ0n) is 17.7. The zero-order chi connectivity index (χ0) is 22.8. The van der Waals surface area contributed by atoms with Gasteiger partial charge >= 0.3 is 0 Å². The van der Waals surface area contributed by atoms with Crippen LogP contribution >= 0.6 is 0 Å². The van der Waals surface area contributed by atoms with Crippen LogP contribution in [0.5, 0.6) is 0 Å². The number of amides is 2. The molecule has 0 radical (unpaired) electrons. The van der Waals surface area contributed by atoms with Crippen LogP contribution in [0.3, 0.4) is 0 Å². The Kier molecular flexibility index (Phi) is 5.19. The van der Waals surface area contributed by atoms with Gasteiger partial charge in [-0.3, -0.25) is 19.6 Å². The lowest BCUT2D eigenvalue weighted by Gasteiger charge is -2.09. The van der Waals surface area contributed by atoms with Crippen LogP contribution in [-0.2, 0) is 4.79 Å². The molecule has 0 fully saturated rings. The van der Waals surface area contributed by atoms with Gasteiger partial charge < -0.3 is 10.6 Å². The Hall–Kier alpha value is -4.66. The third-order valence-corrected chi connectivity index (χ3v) is 5.27. The van der Waals surface area contributed by atoms with Crippen molar-refractivity contribution in [3.8, 4) is 5.69 Å². The first-order valence-corrected chi connectivity index (χ1v) is 10.3. The summed E-state index contributed by atoms with van der Waals surface area (Å²) in [6.07, 6.45) is 3.37.